The van der Waals surface area contributed by atoms with Gasteiger partial charge in [0.05, 0.1) is 11.1 Å². The van der Waals surface area contributed by atoms with Crippen LogP contribution >= 0.6 is 0 Å². The van der Waals surface area contributed by atoms with Gasteiger partial charge in [-0.15, -0.1) is 78.9 Å². The molecule has 0 aliphatic carbocycles. The standard InChI is InChI=1S/C16H14O10.6C2H4/c17-9-3-7(4-10(18)13(9)21)15(23)25-1-2-26-16(24)8-5-11(19)14(22)12(20)6-8;6*1-2/h3-6,17-22H,1-2H2;6*1-2H2. The summed E-state index contributed by atoms with van der Waals surface area (Å²) in [6.07, 6.45) is 0. The second-order valence-corrected chi connectivity index (χ2v) is 5.00. The SMILES string of the molecule is C=C.C=C.C=C.C=C.C=C.C=C.O=C(OCCOC(=O)c1cc(O)c(O)c(O)c1)c1cc(O)c(O)c(O)c1. The number of esters is 2. The molecule has 0 fully saturated rings. The fourth-order valence-electron chi connectivity index (χ4n) is 1.88. The van der Waals surface area contributed by atoms with E-state index in [0.717, 1.165) is 24.3 Å². The van der Waals surface area contributed by atoms with E-state index in [1.54, 1.807) is 0 Å². The topological polar surface area (TPSA) is 174 Å². The van der Waals surface area contributed by atoms with Crippen LogP contribution in [-0.4, -0.2) is 55.8 Å². The molecule has 0 saturated carbocycles. The minimum atomic E-state index is -0.952. The van der Waals surface area contributed by atoms with Crippen molar-refractivity contribution in [3.8, 4) is 34.5 Å². The van der Waals surface area contributed by atoms with Crippen molar-refractivity contribution in [1.82, 2.24) is 0 Å². The van der Waals surface area contributed by atoms with Crippen LogP contribution in [0.15, 0.2) is 103 Å². The van der Waals surface area contributed by atoms with Crippen LogP contribution in [0, 0.1) is 0 Å². The summed E-state index contributed by atoms with van der Waals surface area (Å²) < 4.78 is 9.54. The van der Waals surface area contributed by atoms with Crippen LogP contribution in [0.1, 0.15) is 20.7 Å². The lowest BCUT2D eigenvalue weighted by Crippen LogP contribution is -2.14. The van der Waals surface area contributed by atoms with E-state index in [2.05, 4.69) is 78.9 Å². The molecular weight excluding hydrogens is 496 g/mol. The molecule has 6 N–H and O–H groups in total. The number of phenols is 6. The van der Waals surface area contributed by atoms with Gasteiger partial charge in [-0.3, -0.25) is 0 Å². The van der Waals surface area contributed by atoms with Crippen LogP contribution < -0.4 is 0 Å². The van der Waals surface area contributed by atoms with Gasteiger partial charge in [0.1, 0.15) is 13.2 Å². The summed E-state index contributed by atoms with van der Waals surface area (Å²) in [7, 11) is 0. The maximum atomic E-state index is 11.7. The smallest absolute Gasteiger partial charge is 0.338 e. The molecule has 0 aliphatic rings. The van der Waals surface area contributed by atoms with E-state index in [-0.39, 0.29) is 24.3 Å². The molecule has 0 atom stereocenters. The van der Waals surface area contributed by atoms with Gasteiger partial charge >= 0.3 is 11.9 Å². The van der Waals surface area contributed by atoms with E-state index >= 15 is 0 Å². The van der Waals surface area contributed by atoms with Crippen molar-refractivity contribution in [1.29, 1.82) is 0 Å². The first-order chi connectivity index (χ1) is 18.2. The number of aromatic hydroxyl groups is 6. The third-order valence-electron chi connectivity index (χ3n) is 3.16. The monoisotopic (exact) mass is 534 g/mol. The van der Waals surface area contributed by atoms with Gasteiger partial charge in [0.15, 0.2) is 34.5 Å². The van der Waals surface area contributed by atoms with Gasteiger partial charge in [0.2, 0.25) is 0 Å². The normalized spacial score (nSPS) is 7.68. The Morgan fingerprint density at radius 3 is 0.842 bits per heavy atom. The number of phenolic OH excluding ortho intramolecular Hbond substituents is 6. The van der Waals surface area contributed by atoms with Crippen LogP contribution in [-0.2, 0) is 9.47 Å². The highest BCUT2D eigenvalue weighted by molar-refractivity contribution is 5.92. The highest BCUT2D eigenvalue weighted by atomic mass is 16.6. The minimum absolute atomic E-state index is 0.238. The van der Waals surface area contributed by atoms with E-state index in [1.807, 2.05) is 0 Å². The molecule has 10 nitrogen and oxygen atoms in total. The van der Waals surface area contributed by atoms with Crippen LogP contribution in [0.5, 0.6) is 34.5 Å². The van der Waals surface area contributed by atoms with Crippen molar-refractivity contribution in [3.05, 3.63) is 114 Å². The van der Waals surface area contributed by atoms with Gasteiger partial charge in [-0.25, -0.2) is 9.59 Å². The number of hydrogen-bond donors (Lipinski definition) is 6. The lowest BCUT2D eigenvalue weighted by atomic mass is 10.2. The van der Waals surface area contributed by atoms with E-state index in [1.165, 1.54) is 0 Å². The zero-order valence-corrected chi connectivity index (χ0v) is 21.5. The fraction of sp³-hybridized carbons (Fsp3) is 0.0714. The third-order valence-corrected chi connectivity index (χ3v) is 3.16. The molecule has 0 aromatic heterocycles. The average molecular weight is 535 g/mol. The minimum Gasteiger partial charge on any atom is -0.504 e. The quantitative estimate of drug-likeness (QED) is 0.120. The Morgan fingerprint density at radius 2 is 0.658 bits per heavy atom. The Labute approximate surface area is 224 Å². The van der Waals surface area contributed by atoms with Gasteiger partial charge in [-0.05, 0) is 24.3 Å². The van der Waals surface area contributed by atoms with Crippen LogP contribution in [0.25, 0.3) is 0 Å². The zero-order valence-electron chi connectivity index (χ0n) is 21.5. The maximum Gasteiger partial charge on any atom is 0.338 e. The summed E-state index contributed by atoms with van der Waals surface area (Å²) in [5.74, 6) is -6.32. The van der Waals surface area contributed by atoms with Crippen molar-refractivity contribution >= 4 is 11.9 Å². The van der Waals surface area contributed by atoms with E-state index < -0.39 is 46.4 Å². The highest BCUT2D eigenvalue weighted by Gasteiger charge is 2.16. The van der Waals surface area contributed by atoms with Gasteiger partial charge in [-0.1, -0.05) is 0 Å². The third kappa shape index (κ3) is 15.5. The van der Waals surface area contributed by atoms with Crippen molar-refractivity contribution in [2.24, 2.45) is 0 Å². The molecule has 0 radical (unpaired) electrons. The Bertz CT molecular complexity index is 824. The number of carbonyl (C=O) groups is 2. The molecule has 0 heterocycles. The predicted octanol–water partition coefficient (Wildman–Crippen LogP) is 5.75. The molecule has 2 aromatic carbocycles. The Kier molecular flexibility index (Phi) is 31.3. The first-order valence-corrected chi connectivity index (χ1v) is 10.0. The number of benzene rings is 2. The Balaban J connectivity index is -0.000000266. The Hall–Kier alpha value is -5.38. The summed E-state index contributed by atoms with van der Waals surface area (Å²) in [6, 6.07) is 3.52. The summed E-state index contributed by atoms with van der Waals surface area (Å²) >= 11 is 0. The molecular formula is C28H38O10. The molecule has 2 aromatic rings. The highest BCUT2D eigenvalue weighted by Crippen LogP contribution is 2.36. The maximum absolute atomic E-state index is 11.7. The fourth-order valence-corrected chi connectivity index (χ4v) is 1.88. The molecule has 0 aliphatic heterocycles. The number of ether oxygens (including phenoxy) is 2. The molecule has 210 valence electrons. The van der Waals surface area contributed by atoms with Crippen molar-refractivity contribution < 1.29 is 49.7 Å². The summed E-state index contributed by atoms with van der Waals surface area (Å²) in [4.78, 5) is 23.5. The van der Waals surface area contributed by atoms with Crippen LogP contribution in [0.3, 0.4) is 0 Å². The molecule has 2 rings (SSSR count). The van der Waals surface area contributed by atoms with E-state index in [9.17, 15) is 40.2 Å². The molecule has 38 heavy (non-hydrogen) atoms. The molecule has 0 bridgehead atoms. The molecule has 10 heteroatoms. The number of hydrogen-bond acceptors (Lipinski definition) is 10. The van der Waals surface area contributed by atoms with E-state index in [4.69, 9.17) is 9.47 Å². The van der Waals surface area contributed by atoms with Gasteiger partial charge < -0.3 is 40.1 Å². The average Bonchev–Trinajstić information content (AvgIpc) is 2.98. The lowest BCUT2D eigenvalue weighted by Gasteiger charge is -2.09. The van der Waals surface area contributed by atoms with Crippen LogP contribution in [0.4, 0.5) is 0 Å². The number of carbonyl (C=O) groups excluding carboxylic acids is 2. The summed E-state index contributed by atoms with van der Waals surface area (Å²) in [6.45, 7) is 35.3. The van der Waals surface area contributed by atoms with Gasteiger partial charge in [0.25, 0.3) is 0 Å². The largest absolute Gasteiger partial charge is 0.504 e. The number of rotatable bonds is 5. The first kappa shape index (κ1) is 42.8. The zero-order chi connectivity index (χ0) is 31.4. The predicted molar refractivity (Wildman–Crippen MR) is 151 cm³/mol. The van der Waals surface area contributed by atoms with Crippen molar-refractivity contribution in [2.75, 3.05) is 13.2 Å². The summed E-state index contributed by atoms with van der Waals surface area (Å²) in [5, 5.41) is 55.7. The Morgan fingerprint density at radius 1 is 0.474 bits per heavy atom. The van der Waals surface area contributed by atoms with Gasteiger partial charge in [-0.2, -0.15) is 0 Å². The van der Waals surface area contributed by atoms with Crippen LogP contribution in [0.2, 0.25) is 0 Å². The molecule has 0 amide bonds. The lowest BCUT2D eigenvalue weighted by molar-refractivity contribution is 0.0265. The van der Waals surface area contributed by atoms with Gasteiger partial charge in [0, 0.05) is 0 Å². The van der Waals surface area contributed by atoms with Crippen molar-refractivity contribution in [2.45, 2.75) is 0 Å². The molecule has 0 unspecified atom stereocenters. The summed E-state index contributed by atoms with van der Waals surface area (Å²) in [5.41, 5.74) is -0.477. The molecule has 0 saturated heterocycles. The second-order valence-electron chi connectivity index (χ2n) is 5.00. The van der Waals surface area contributed by atoms with Crippen molar-refractivity contribution in [3.63, 3.8) is 0 Å². The second kappa shape index (κ2) is 27.9. The first-order valence-electron chi connectivity index (χ1n) is 10.0. The molecule has 0 spiro atoms. The van der Waals surface area contributed by atoms with E-state index in [0.29, 0.717) is 0 Å².